The van der Waals surface area contributed by atoms with Crippen LogP contribution in [-0.4, -0.2) is 44.1 Å². The summed E-state index contributed by atoms with van der Waals surface area (Å²) in [4.78, 5) is 0.296. The molecular weight excluding hydrogens is 278 g/mol. The number of piperidine rings is 1. The molecule has 1 heterocycles. The van der Waals surface area contributed by atoms with Crippen molar-refractivity contribution >= 4 is 10.0 Å². The van der Waals surface area contributed by atoms with Crippen molar-refractivity contribution in [3.63, 3.8) is 0 Å². The molecule has 0 bridgehead atoms. The minimum Gasteiger partial charge on any atom is -0.496 e. The van der Waals surface area contributed by atoms with Crippen molar-refractivity contribution < 1.29 is 18.3 Å². The highest BCUT2D eigenvalue weighted by Crippen LogP contribution is 2.29. The Hall–Kier alpha value is -1.11. The monoisotopic (exact) mass is 299 g/mol. The lowest BCUT2D eigenvalue weighted by atomic mass is 10.1. The zero-order valence-electron chi connectivity index (χ0n) is 12.1. The van der Waals surface area contributed by atoms with Crippen molar-refractivity contribution in [1.29, 1.82) is 0 Å². The first-order valence-corrected chi connectivity index (χ1v) is 8.13. The van der Waals surface area contributed by atoms with E-state index in [4.69, 9.17) is 4.74 Å². The Bertz CT molecular complexity index is 597. The van der Waals surface area contributed by atoms with Gasteiger partial charge in [-0.15, -0.1) is 0 Å². The van der Waals surface area contributed by atoms with E-state index >= 15 is 0 Å². The number of β-amino-alcohol motifs (C(OH)–C–C–N with tert-alkyl or cyclic N) is 1. The Morgan fingerprint density at radius 3 is 2.60 bits per heavy atom. The summed E-state index contributed by atoms with van der Waals surface area (Å²) in [6.45, 7) is 4.22. The van der Waals surface area contributed by atoms with Crippen LogP contribution < -0.4 is 4.74 Å². The molecule has 5 nitrogen and oxygen atoms in total. The van der Waals surface area contributed by atoms with Gasteiger partial charge in [0.05, 0.1) is 18.1 Å². The Morgan fingerprint density at radius 2 is 2.00 bits per heavy atom. The van der Waals surface area contributed by atoms with E-state index in [9.17, 15) is 13.5 Å². The number of hydrogen-bond acceptors (Lipinski definition) is 4. The fourth-order valence-corrected chi connectivity index (χ4v) is 4.35. The number of rotatable bonds is 3. The van der Waals surface area contributed by atoms with Gasteiger partial charge in [-0.3, -0.25) is 0 Å². The Morgan fingerprint density at radius 1 is 1.30 bits per heavy atom. The lowest BCUT2D eigenvalue weighted by molar-refractivity contribution is 0.108. The number of ether oxygens (including phenoxy) is 1. The van der Waals surface area contributed by atoms with E-state index in [1.807, 2.05) is 6.92 Å². The summed E-state index contributed by atoms with van der Waals surface area (Å²) in [5.74, 6) is 0.681. The van der Waals surface area contributed by atoms with Gasteiger partial charge >= 0.3 is 0 Å². The predicted molar refractivity (Wildman–Crippen MR) is 76.5 cm³/mol. The Kier molecular flexibility index (Phi) is 4.36. The molecule has 1 unspecified atom stereocenters. The van der Waals surface area contributed by atoms with Gasteiger partial charge in [0, 0.05) is 13.1 Å². The second-order valence-corrected chi connectivity index (χ2v) is 7.15. The summed E-state index contributed by atoms with van der Waals surface area (Å²) >= 11 is 0. The van der Waals surface area contributed by atoms with E-state index in [0.29, 0.717) is 35.6 Å². The van der Waals surface area contributed by atoms with Crippen molar-refractivity contribution in [2.45, 2.75) is 37.7 Å². The molecule has 0 aliphatic carbocycles. The van der Waals surface area contributed by atoms with E-state index in [0.717, 1.165) is 5.56 Å². The summed E-state index contributed by atoms with van der Waals surface area (Å²) in [6.07, 6.45) is 0.777. The molecule has 0 radical (unpaired) electrons. The highest BCUT2D eigenvalue weighted by atomic mass is 32.2. The van der Waals surface area contributed by atoms with Gasteiger partial charge in [0.15, 0.2) is 0 Å². The third-order valence-electron chi connectivity index (χ3n) is 3.67. The maximum absolute atomic E-state index is 12.7. The van der Waals surface area contributed by atoms with Crippen LogP contribution in [0.5, 0.6) is 5.75 Å². The molecule has 1 fully saturated rings. The lowest BCUT2D eigenvalue weighted by Crippen LogP contribution is -2.42. The van der Waals surface area contributed by atoms with Crippen LogP contribution in [-0.2, 0) is 10.0 Å². The van der Waals surface area contributed by atoms with Crippen molar-refractivity contribution in [2.24, 2.45) is 0 Å². The van der Waals surface area contributed by atoms with Crippen LogP contribution in [0.4, 0.5) is 0 Å². The van der Waals surface area contributed by atoms with Gasteiger partial charge < -0.3 is 9.84 Å². The van der Waals surface area contributed by atoms with Crippen LogP contribution in [0.1, 0.15) is 24.0 Å². The van der Waals surface area contributed by atoms with Gasteiger partial charge in [-0.1, -0.05) is 0 Å². The van der Waals surface area contributed by atoms with Crippen LogP contribution in [0.3, 0.4) is 0 Å². The van der Waals surface area contributed by atoms with Crippen molar-refractivity contribution in [2.75, 3.05) is 20.2 Å². The van der Waals surface area contributed by atoms with Gasteiger partial charge in [-0.2, -0.15) is 4.31 Å². The van der Waals surface area contributed by atoms with Crippen molar-refractivity contribution in [3.8, 4) is 5.75 Å². The molecule has 0 saturated carbocycles. The normalized spacial score (nSPS) is 20.9. The van der Waals surface area contributed by atoms with Crippen LogP contribution >= 0.6 is 0 Å². The fraction of sp³-hybridized carbons (Fsp3) is 0.571. The molecule has 1 aliphatic rings. The number of methoxy groups -OCH3 is 1. The minimum absolute atomic E-state index is 0.173. The number of aliphatic hydroxyl groups is 1. The molecule has 0 spiro atoms. The molecule has 1 atom stereocenters. The second kappa shape index (κ2) is 5.71. The first kappa shape index (κ1) is 15.3. The highest BCUT2D eigenvalue weighted by Gasteiger charge is 2.30. The highest BCUT2D eigenvalue weighted by molar-refractivity contribution is 7.89. The molecule has 6 heteroatoms. The first-order chi connectivity index (χ1) is 9.36. The van der Waals surface area contributed by atoms with Gasteiger partial charge in [0.25, 0.3) is 0 Å². The molecular formula is C14H21NO4S. The average molecular weight is 299 g/mol. The molecule has 1 aromatic carbocycles. The lowest BCUT2D eigenvalue weighted by Gasteiger charge is -2.29. The first-order valence-electron chi connectivity index (χ1n) is 6.69. The molecule has 1 N–H and O–H groups in total. The van der Waals surface area contributed by atoms with Gasteiger partial charge in [0.2, 0.25) is 10.0 Å². The predicted octanol–water partition coefficient (Wildman–Crippen LogP) is 1.46. The minimum atomic E-state index is -3.56. The molecule has 20 heavy (non-hydrogen) atoms. The SMILES string of the molecule is COc1cc(C)c(S(=O)(=O)N2CCCC(O)C2)cc1C. The molecule has 1 aliphatic heterocycles. The summed E-state index contributed by atoms with van der Waals surface area (Å²) in [5, 5.41) is 9.67. The van der Waals surface area contributed by atoms with E-state index in [2.05, 4.69) is 0 Å². The smallest absolute Gasteiger partial charge is 0.243 e. The summed E-state index contributed by atoms with van der Waals surface area (Å²) in [7, 11) is -1.99. The number of sulfonamides is 1. The maximum Gasteiger partial charge on any atom is 0.243 e. The standard InChI is InChI=1S/C14H21NO4S/c1-10-8-14(11(2)7-13(10)19-3)20(17,18)15-6-4-5-12(16)9-15/h7-8,12,16H,4-6,9H2,1-3H3. The third kappa shape index (κ3) is 2.82. The zero-order valence-corrected chi connectivity index (χ0v) is 12.9. The summed E-state index contributed by atoms with van der Waals surface area (Å²) in [5.41, 5.74) is 1.45. The zero-order chi connectivity index (χ0) is 14.9. The van der Waals surface area contributed by atoms with E-state index < -0.39 is 16.1 Å². The van der Waals surface area contributed by atoms with E-state index in [1.165, 1.54) is 4.31 Å². The average Bonchev–Trinajstić information content (AvgIpc) is 2.40. The Balaban J connectivity index is 2.41. The fourth-order valence-electron chi connectivity index (χ4n) is 2.54. The number of benzene rings is 1. The second-order valence-electron chi connectivity index (χ2n) is 5.25. The molecule has 0 amide bonds. The molecule has 2 rings (SSSR count). The Labute approximate surface area is 120 Å². The number of nitrogens with zero attached hydrogens (tertiary/aromatic N) is 1. The largest absolute Gasteiger partial charge is 0.496 e. The quantitative estimate of drug-likeness (QED) is 0.917. The summed E-state index contributed by atoms with van der Waals surface area (Å²) < 4.78 is 31.9. The maximum atomic E-state index is 12.7. The number of aliphatic hydroxyl groups excluding tert-OH is 1. The van der Waals surface area contributed by atoms with Gasteiger partial charge in [-0.05, 0) is 49.9 Å². The summed E-state index contributed by atoms with van der Waals surface area (Å²) in [6, 6.07) is 3.38. The van der Waals surface area contributed by atoms with E-state index in [1.54, 1.807) is 26.2 Å². The third-order valence-corrected chi connectivity index (χ3v) is 5.68. The molecule has 1 aromatic rings. The number of aryl methyl sites for hydroxylation is 2. The van der Waals surface area contributed by atoms with Gasteiger partial charge in [-0.25, -0.2) is 8.42 Å². The number of hydrogen-bond donors (Lipinski definition) is 1. The van der Waals surface area contributed by atoms with Crippen molar-refractivity contribution in [1.82, 2.24) is 4.31 Å². The van der Waals surface area contributed by atoms with Crippen molar-refractivity contribution in [3.05, 3.63) is 23.3 Å². The molecule has 1 saturated heterocycles. The van der Waals surface area contributed by atoms with Crippen LogP contribution in [0.2, 0.25) is 0 Å². The van der Waals surface area contributed by atoms with Crippen LogP contribution in [0.15, 0.2) is 17.0 Å². The topological polar surface area (TPSA) is 66.8 Å². The molecule has 0 aromatic heterocycles. The van der Waals surface area contributed by atoms with Crippen LogP contribution in [0, 0.1) is 13.8 Å². The van der Waals surface area contributed by atoms with Gasteiger partial charge in [0.1, 0.15) is 5.75 Å². The van der Waals surface area contributed by atoms with E-state index in [-0.39, 0.29) is 6.54 Å². The van der Waals surface area contributed by atoms with Crippen LogP contribution in [0.25, 0.3) is 0 Å². The molecule has 112 valence electrons.